The van der Waals surface area contributed by atoms with Gasteiger partial charge in [0.2, 0.25) is 0 Å². The first kappa shape index (κ1) is 13.5. The van der Waals surface area contributed by atoms with Gasteiger partial charge in [-0.1, -0.05) is 15.9 Å². The smallest absolute Gasteiger partial charge is 0.310 e. The van der Waals surface area contributed by atoms with Gasteiger partial charge in [-0.05, 0) is 35.0 Å². The Kier molecular flexibility index (Phi) is 5.28. The highest BCUT2D eigenvalue weighted by atomic mass is 79.9. The van der Waals surface area contributed by atoms with Crippen molar-refractivity contribution < 1.29 is 14.3 Å². The predicted octanol–water partition coefficient (Wildman–Crippen LogP) is 3.33. The molecule has 0 amide bonds. The van der Waals surface area contributed by atoms with Crippen LogP contribution in [0.3, 0.4) is 0 Å². The van der Waals surface area contributed by atoms with Crippen LogP contribution in [0.2, 0.25) is 0 Å². The van der Waals surface area contributed by atoms with Gasteiger partial charge in [0, 0.05) is 10.0 Å². The lowest BCUT2D eigenvalue weighted by Crippen LogP contribution is -2.09. The second kappa shape index (κ2) is 6.25. The molecule has 0 aliphatic heterocycles. The Balaban J connectivity index is 3.01. The third-order valence-corrected chi connectivity index (χ3v) is 3.35. The van der Waals surface area contributed by atoms with Crippen LogP contribution in [-0.4, -0.2) is 19.7 Å². The van der Waals surface area contributed by atoms with Crippen molar-refractivity contribution in [2.45, 2.75) is 13.3 Å². The fraction of sp³-hybridized carbons (Fsp3) is 0.364. The highest BCUT2D eigenvalue weighted by Gasteiger charge is 2.15. The van der Waals surface area contributed by atoms with Gasteiger partial charge in [-0.25, -0.2) is 0 Å². The van der Waals surface area contributed by atoms with Crippen LogP contribution < -0.4 is 4.74 Å². The molecule has 16 heavy (non-hydrogen) atoms. The van der Waals surface area contributed by atoms with Crippen molar-refractivity contribution in [3.05, 3.63) is 26.6 Å². The summed E-state index contributed by atoms with van der Waals surface area (Å²) in [7, 11) is 1.57. The first-order valence-corrected chi connectivity index (χ1v) is 6.35. The number of ether oxygens (including phenoxy) is 2. The second-order valence-electron chi connectivity index (χ2n) is 3.02. The van der Waals surface area contributed by atoms with E-state index in [4.69, 9.17) is 9.47 Å². The van der Waals surface area contributed by atoms with Crippen LogP contribution in [0.25, 0.3) is 0 Å². The van der Waals surface area contributed by atoms with E-state index in [0.29, 0.717) is 12.4 Å². The van der Waals surface area contributed by atoms with E-state index < -0.39 is 0 Å². The standard InChI is InChI=1S/C11H12Br2O3/c1-3-16-10(14)6-7-8(12)4-5-9(13)11(7)15-2/h4-5H,3,6H2,1-2H3. The van der Waals surface area contributed by atoms with Crippen molar-refractivity contribution in [1.82, 2.24) is 0 Å². The lowest BCUT2D eigenvalue weighted by molar-refractivity contribution is -0.142. The molecule has 0 aliphatic rings. The molecular weight excluding hydrogens is 340 g/mol. The topological polar surface area (TPSA) is 35.5 Å². The maximum absolute atomic E-state index is 11.4. The van der Waals surface area contributed by atoms with Crippen LogP contribution in [0.1, 0.15) is 12.5 Å². The molecule has 0 fully saturated rings. The zero-order valence-electron chi connectivity index (χ0n) is 9.05. The van der Waals surface area contributed by atoms with Crippen LogP contribution in [0.4, 0.5) is 0 Å². The minimum atomic E-state index is -0.264. The summed E-state index contributed by atoms with van der Waals surface area (Å²) in [5, 5.41) is 0. The first-order valence-electron chi connectivity index (χ1n) is 4.76. The van der Waals surface area contributed by atoms with Gasteiger partial charge >= 0.3 is 5.97 Å². The van der Waals surface area contributed by atoms with Gasteiger partial charge in [0.15, 0.2) is 0 Å². The lowest BCUT2D eigenvalue weighted by Gasteiger charge is -2.11. The number of carbonyl (C=O) groups is 1. The normalized spacial score (nSPS) is 10.0. The summed E-state index contributed by atoms with van der Waals surface area (Å²) in [5.41, 5.74) is 0.787. The Hall–Kier alpha value is -0.550. The molecule has 0 heterocycles. The molecule has 0 unspecified atom stereocenters. The van der Waals surface area contributed by atoms with E-state index in [1.54, 1.807) is 14.0 Å². The second-order valence-corrected chi connectivity index (χ2v) is 4.73. The van der Waals surface area contributed by atoms with Gasteiger partial charge in [-0.15, -0.1) is 0 Å². The first-order chi connectivity index (χ1) is 7.60. The minimum absolute atomic E-state index is 0.192. The van der Waals surface area contributed by atoms with E-state index in [1.807, 2.05) is 12.1 Å². The summed E-state index contributed by atoms with van der Waals surface area (Å²) in [5.74, 6) is 0.391. The highest BCUT2D eigenvalue weighted by molar-refractivity contribution is 9.11. The van der Waals surface area contributed by atoms with Gasteiger partial charge in [-0.3, -0.25) is 4.79 Å². The zero-order chi connectivity index (χ0) is 12.1. The summed E-state index contributed by atoms with van der Waals surface area (Å²) in [6.07, 6.45) is 0.192. The Bertz CT molecular complexity index is 391. The summed E-state index contributed by atoms with van der Waals surface area (Å²) in [4.78, 5) is 11.4. The number of esters is 1. The van der Waals surface area contributed by atoms with Crippen molar-refractivity contribution in [2.24, 2.45) is 0 Å². The molecular formula is C11H12Br2O3. The number of benzene rings is 1. The molecule has 88 valence electrons. The average Bonchev–Trinajstić information content (AvgIpc) is 2.24. The molecule has 0 radical (unpaired) electrons. The van der Waals surface area contributed by atoms with E-state index in [-0.39, 0.29) is 12.4 Å². The third kappa shape index (κ3) is 3.22. The SMILES string of the molecule is CCOC(=O)Cc1c(Br)ccc(Br)c1OC. The summed E-state index contributed by atoms with van der Waals surface area (Å²) < 4.78 is 11.8. The largest absolute Gasteiger partial charge is 0.495 e. The predicted molar refractivity (Wildman–Crippen MR) is 68.7 cm³/mol. The average molecular weight is 352 g/mol. The Morgan fingerprint density at radius 3 is 2.50 bits per heavy atom. The van der Waals surface area contributed by atoms with E-state index in [1.165, 1.54) is 0 Å². The van der Waals surface area contributed by atoms with Crippen LogP contribution in [0.5, 0.6) is 5.75 Å². The molecule has 0 saturated heterocycles. The maximum atomic E-state index is 11.4. The van der Waals surface area contributed by atoms with Crippen LogP contribution >= 0.6 is 31.9 Å². The number of halogens is 2. The van der Waals surface area contributed by atoms with E-state index in [2.05, 4.69) is 31.9 Å². The van der Waals surface area contributed by atoms with Crippen molar-refractivity contribution in [1.29, 1.82) is 0 Å². The van der Waals surface area contributed by atoms with Crippen molar-refractivity contribution >= 4 is 37.8 Å². The number of hydrogen-bond donors (Lipinski definition) is 0. The number of hydrogen-bond acceptors (Lipinski definition) is 3. The van der Waals surface area contributed by atoms with Gasteiger partial charge in [0.25, 0.3) is 0 Å². The molecule has 0 aliphatic carbocycles. The lowest BCUT2D eigenvalue weighted by atomic mass is 10.1. The summed E-state index contributed by atoms with van der Waals surface area (Å²) >= 11 is 6.77. The third-order valence-electron chi connectivity index (χ3n) is 1.99. The number of carbonyl (C=O) groups excluding carboxylic acids is 1. The Labute approximate surface area is 111 Å². The molecule has 0 aromatic heterocycles. The van der Waals surface area contributed by atoms with E-state index in [0.717, 1.165) is 14.5 Å². The van der Waals surface area contributed by atoms with Crippen molar-refractivity contribution in [2.75, 3.05) is 13.7 Å². The van der Waals surface area contributed by atoms with Crippen LogP contribution in [0.15, 0.2) is 21.1 Å². The molecule has 1 aromatic carbocycles. The number of rotatable bonds is 4. The molecule has 1 rings (SSSR count). The van der Waals surface area contributed by atoms with Gasteiger partial charge in [0.05, 0.1) is 24.6 Å². The molecule has 0 spiro atoms. The molecule has 5 heteroatoms. The number of methoxy groups -OCH3 is 1. The Morgan fingerprint density at radius 1 is 1.31 bits per heavy atom. The monoisotopic (exact) mass is 350 g/mol. The quantitative estimate of drug-likeness (QED) is 0.780. The fourth-order valence-corrected chi connectivity index (χ4v) is 2.30. The van der Waals surface area contributed by atoms with E-state index in [9.17, 15) is 4.79 Å². The molecule has 0 N–H and O–H groups in total. The minimum Gasteiger partial charge on any atom is -0.495 e. The summed E-state index contributed by atoms with van der Waals surface area (Å²) in [6, 6.07) is 3.72. The molecule has 1 aromatic rings. The van der Waals surface area contributed by atoms with Crippen molar-refractivity contribution in [3.8, 4) is 5.75 Å². The fourth-order valence-electron chi connectivity index (χ4n) is 1.32. The van der Waals surface area contributed by atoms with Crippen LogP contribution in [0, 0.1) is 0 Å². The molecule has 3 nitrogen and oxygen atoms in total. The Morgan fingerprint density at radius 2 is 1.94 bits per heavy atom. The molecule has 0 bridgehead atoms. The van der Waals surface area contributed by atoms with E-state index >= 15 is 0 Å². The zero-order valence-corrected chi connectivity index (χ0v) is 12.2. The van der Waals surface area contributed by atoms with Crippen LogP contribution in [-0.2, 0) is 16.0 Å². The van der Waals surface area contributed by atoms with Gasteiger partial charge in [0.1, 0.15) is 5.75 Å². The molecule has 0 atom stereocenters. The maximum Gasteiger partial charge on any atom is 0.310 e. The summed E-state index contributed by atoms with van der Waals surface area (Å²) in [6.45, 7) is 2.16. The molecule has 0 saturated carbocycles. The van der Waals surface area contributed by atoms with Gasteiger partial charge < -0.3 is 9.47 Å². The van der Waals surface area contributed by atoms with Gasteiger partial charge in [-0.2, -0.15) is 0 Å². The van der Waals surface area contributed by atoms with Crippen molar-refractivity contribution in [3.63, 3.8) is 0 Å². The highest BCUT2D eigenvalue weighted by Crippen LogP contribution is 2.34.